The Balaban J connectivity index is 2.32. The SMILES string of the molecule is Cc1oc(-c2cccc(OC(F)(F)F)c2)nc1CI. The summed E-state index contributed by atoms with van der Waals surface area (Å²) in [6.07, 6.45) is -4.71. The molecule has 0 aliphatic heterocycles. The molecule has 0 saturated heterocycles. The predicted molar refractivity (Wildman–Crippen MR) is 71.1 cm³/mol. The minimum Gasteiger partial charge on any atom is -0.441 e. The molecule has 19 heavy (non-hydrogen) atoms. The molecular weight excluding hydrogens is 374 g/mol. The molecule has 0 N–H and O–H groups in total. The van der Waals surface area contributed by atoms with Gasteiger partial charge in [-0.05, 0) is 25.1 Å². The van der Waals surface area contributed by atoms with Gasteiger partial charge in [-0.1, -0.05) is 28.7 Å². The number of alkyl halides is 4. The quantitative estimate of drug-likeness (QED) is 0.579. The highest BCUT2D eigenvalue weighted by Crippen LogP contribution is 2.28. The van der Waals surface area contributed by atoms with Crippen molar-refractivity contribution in [3.63, 3.8) is 0 Å². The number of ether oxygens (including phenoxy) is 1. The van der Waals surface area contributed by atoms with Crippen molar-refractivity contribution in [1.29, 1.82) is 0 Å². The Kier molecular flexibility index (Phi) is 4.02. The van der Waals surface area contributed by atoms with E-state index < -0.39 is 6.36 Å². The second-order valence-electron chi connectivity index (χ2n) is 3.73. The number of hydrogen-bond donors (Lipinski definition) is 0. The molecule has 1 aromatic heterocycles. The van der Waals surface area contributed by atoms with E-state index in [2.05, 4.69) is 32.3 Å². The molecule has 2 aromatic rings. The van der Waals surface area contributed by atoms with Crippen LogP contribution in [0.15, 0.2) is 28.7 Å². The number of benzene rings is 1. The third kappa shape index (κ3) is 3.62. The van der Waals surface area contributed by atoms with Gasteiger partial charge in [-0.25, -0.2) is 4.98 Å². The molecule has 0 bridgehead atoms. The second-order valence-corrected chi connectivity index (χ2v) is 4.49. The van der Waals surface area contributed by atoms with E-state index >= 15 is 0 Å². The van der Waals surface area contributed by atoms with Gasteiger partial charge in [0.15, 0.2) is 0 Å². The van der Waals surface area contributed by atoms with Gasteiger partial charge in [-0.3, -0.25) is 0 Å². The molecule has 1 heterocycles. The third-order valence-electron chi connectivity index (χ3n) is 2.33. The fourth-order valence-electron chi connectivity index (χ4n) is 1.50. The van der Waals surface area contributed by atoms with Crippen LogP contribution in [0.3, 0.4) is 0 Å². The molecule has 0 spiro atoms. The number of aromatic nitrogens is 1. The lowest BCUT2D eigenvalue weighted by atomic mass is 10.2. The van der Waals surface area contributed by atoms with Crippen molar-refractivity contribution in [1.82, 2.24) is 4.98 Å². The van der Waals surface area contributed by atoms with Crippen LogP contribution in [0.1, 0.15) is 11.5 Å². The van der Waals surface area contributed by atoms with Crippen LogP contribution in [0, 0.1) is 6.92 Å². The van der Waals surface area contributed by atoms with Crippen molar-refractivity contribution in [2.24, 2.45) is 0 Å². The Morgan fingerprint density at radius 2 is 2.11 bits per heavy atom. The van der Waals surface area contributed by atoms with Crippen molar-refractivity contribution in [3.8, 4) is 17.2 Å². The van der Waals surface area contributed by atoms with Crippen LogP contribution in [-0.4, -0.2) is 11.3 Å². The van der Waals surface area contributed by atoms with Gasteiger partial charge in [0.25, 0.3) is 0 Å². The van der Waals surface area contributed by atoms with E-state index in [0.717, 1.165) is 5.69 Å². The molecule has 0 amide bonds. The van der Waals surface area contributed by atoms with E-state index in [0.29, 0.717) is 15.8 Å². The third-order valence-corrected chi connectivity index (χ3v) is 3.06. The molecule has 3 nitrogen and oxygen atoms in total. The predicted octanol–water partition coefficient (Wildman–Crippen LogP) is 4.48. The summed E-state index contributed by atoms with van der Waals surface area (Å²) in [5.74, 6) is 0.653. The zero-order chi connectivity index (χ0) is 14.0. The summed E-state index contributed by atoms with van der Waals surface area (Å²) in [5, 5.41) is 0. The molecule has 0 radical (unpaired) electrons. The fourth-order valence-corrected chi connectivity index (χ4v) is 2.21. The molecule has 0 fully saturated rings. The lowest BCUT2D eigenvalue weighted by Gasteiger charge is -2.08. The van der Waals surface area contributed by atoms with Gasteiger partial charge in [0.2, 0.25) is 5.89 Å². The van der Waals surface area contributed by atoms with E-state index in [1.54, 1.807) is 13.0 Å². The molecule has 0 aliphatic carbocycles. The maximum absolute atomic E-state index is 12.1. The molecule has 0 saturated carbocycles. The maximum atomic E-state index is 12.1. The largest absolute Gasteiger partial charge is 0.573 e. The van der Waals surface area contributed by atoms with Crippen LogP contribution in [0.4, 0.5) is 13.2 Å². The molecule has 0 atom stereocenters. The Morgan fingerprint density at radius 3 is 2.68 bits per heavy atom. The number of nitrogens with zero attached hydrogens (tertiary/aromatic N) is 1. The van der Waals surface area contributed by atoms with Gasteiger partial charge >= 0.3 is 6.36 Å². The topological polar surface area (TPSA) is 35.3 Å². The normalized spacial score (nSPS) is 11.6. The summed E-state index contributed by atoms with van der Waals surface area (Å²) in [6, 6.07) is 5.55. The molecule has 0 aliphatic rings. The lowest BCUT2D eigenvalue weighted by molar-refractivity contribution is -0.274. The second kappa shape index (κ2) is 5.40. The molecule has 7 heteroatoms. The van der Waals surface area contributed by atoms with Crippen LogP contribution >= 0.6 is 22.6 Å². The van der Waals surface area contributed by atoms with Crippen molar-refractivity contribution in [3.05, 3.63) is 35.7 Å². The number of hydrogen-bond acceptors (Lipinski definition) is 3. The summed E-state index contributed by atoms with van der Waals surface area (Å²) < 4.78 is 46.4. The minimum absolute atomic E-state index is 0.289. The number of rotatable bonds is 3. The first kappa shape index (κ1) is 14.2. The zero-order valence-corrected chi connectivity index (χ0v) is 11.9. The number of halogens is 4. The summed E-state index contributed by atoms with van der Waals surface area (Å²) in [5.41, 5.74) is 1.22. The lowest BCUT2D eigenvalue weighted by Crippen LogP contribution is -2.17. The Morgan fingerprint density at radius 1 is 1.37 bits per heavy atom. The van der Waals surface area contributed by atoms with Gasteiger partial charge in [0.1, 0.15) is 11.5 Å². The van der Waals surface area contributed by atoms with Crippen molar-refractivity contribution in [2.75, 3.05) is 0 Å². The van der Waals surface area contributed by atoms with Gasteiger partial charge < -0.3 is 9.15 Å². The molecule has 2 rings (SSSR count). The fraction of sp³-hybridized carbons (Fsp3) is 0.250. The van der Waals surface area contributed by atoms with Crippen LogP contribution in [0.5, 0.6) is 5.75 Å². The molecular formula is C12H9F3INO2. The van der Waals surface area contributed by atoms with Gasteiger partial charge in [0, 0.05) is 9.99 Å². The monoisotopic (exact) mass is 383 g/mol. The summed E-state index contributed by atoms with van der Waals surface area (Å²) in [6.45, 7) is 1.76. The summed E-state index contributed by atoms with van der Waals surface area (Å²) in [4.78, 5) is 4.23. The molecule has 1 aromatic carbocycles. The first-order chi connectivity index (χ1) is 8.89. The first-order valence-electron chi connectivity index (χ1n) is 5.27. The number of aryl methyl sites for hydroxylation is 1. The summed E-state index contributed by atoms with van der Waals surface area (Å²) in [7, 11) is 0. The highest BCUT2D eigenvalue weighted by atomic mass is 127. The van der Waals surface area contributed by atoms with E-state index in [9.17, 15) is 13.2 Å². The Bertz CT molecular complexity index is 581. The Labute approximate surface area is 120 Å². The highest BCUT2D eigenvalue weighted by molar-refractivity contribution is 14.1. The first-order valence-corrected chi connectivity index (χ1v) is 6.80. The summed E-state index contributed by atoms with van der Waals surface area (Å²) >= 11 is 2.14. The van der Waals surface area contributed by atoms with Crippen LogP contribution in [0.25, 0.3) is 11.5 Å². The van der Waals surface area contributed by atoms with E-state index in [4.69, 9.17) is 4.42 Å². The van der Waals surface area contributed by atoms with Crippen molar-refractivity contribution >= 4 is 22.6 Å². The molecule has 0 unspecified atom stereocenters. The van der Waals surface area contributed by atoms with E-state index in [1.165, 1.54) is 18.2 Å². The van der Waals surface area contributed by atoms with Crippen LogP contribution in [-0.2, 0) is 4.43 Å². The maximum Gasteiger partial charge on any atom is 0.573 e. The standard InChI is InChI=1S/C12H9F3INO2/c1-7-10(6-16)17-11(18-7)8-3-2-4-9(5-8)19-12(13,14)15/h2-5H,6H2,1H3. The van der Waals surface area contributed by atoms with Crippen molar-refractivity contribution in [2.45, 2.75) is 17.7 Å². The average Bonchev–Trinajstić information content (AvgIpc) is 2.69. The Hall–Kier alpha value is -1.25. The highest BCUT2D eigenvalue weighted by Gasteiger charge is 2.31. The van der Waals surface area contributed by atoms with E-state index in [1.807, 2.05) is 0 Å². The number of oxazole rings is 1. The zero-order valence-electron chi connectivity index (χ0n) is 9.79. The van der Waals surface area contributed by atoms with Gasteiger partial charge in [0.05, 0.1) is 5.69 Å². The minimum atomic E-state index is -4.71. The molecule has 102 valence electrons. The van der Waals surface area contributed by atoms with Crippen LogP contribution < -0.4 is 4.74 Å². The smallest absolute Gasteiger partial charge is 0.441 e. The van der Waals surface area contributed by atoms with Gasteiger partial charge in [-0.15, -0.1) is 13.2 Å². The van der Waals surface area contributed by atoms with E-state index in [-0.39, 0.29) is 11.6 Å². The van der Waals surface area contributed by atoms with Crippen molar-refractivity contribution < 1.29 is 22.3 Å². The average molecular weight is 383 g/mol. The van der Waals surface area contributed by atoms with Crippen LogP contribution in [0.2, 0.25) is 0 Å². The van der Waals surface area contributed by atoms with Gasteiger partial charge in [-0.2, -0.15) is 0 Å².